The van der Waals surface area contributed by atoms with E-state index in [9.17, 15) is 4.79 Å². The van der Waals surface area contributed by atoms with Gasteiger partial charge in [-0.3, -0.25) is 4.79 Å². The van der Waals surface area contributed by atoms with Gasteiger partial charge in [0, 0.05) is 19.1 Å². The van der Waals surface area contributed by atoms with Crippen molar-refractivity contribution in [1.82, 2.24) is 15.5 Å². The van der Waals surface area contributed by atoms with Crippen molar-refractivity contribution in [2.45, 2.75) is 63.7 Å². The smallest absolute Gasteiger partial charge is 0.249 e. The summed E-state index contributed by atoms with van der Waals surface area (Å²) in [6.45, 7) is 3.78. The van der Waals surface area contributed by atoms with E-state index in [4.69, 9.17) is 4.74 Å². The minimum Gasteiger partial charge on any atom is -0.363 e. The molecule has 0 bridgehead atoms. The first-order valence-corrected chi connectivity index (χ1v) is 9.51. The van der Waals surface area contributed by atoms with Crippen LogP contribution in [0, 0.1) is 12.8 Å². The molecular formula is C16H24N4O2S. The molecule has 2 aliphatic heterocycles. The lowest BCUT2D eigenvalue weighted by Crippen LogP contribution is -2.43. The van der Waals surface area contributed by atoms with Gasteiger partial charge in [0.2, 0.25) is 11.0 Å². The van der Waals surface area contributed by atoms with E-state index in [1.165, 1.54) is 12.8 Å². The molecule has 23 heavy (non-hydrogen) atoms. The molecule has 1 aliphatic carbocycles. The topological polar surface area (TPSA) is 67.4 Å². The molecule has 3 heterocycles. The van der Waals surface area contributed by atoms with Crippen LogP contribution in [0.25, 0.3) is 0 Å². The van der Waals surface area contributed by atoms with Crippen molar-refractivity contribution < 1.29 is 9.53 Å². The van der Waals surface area contributed by atoms with Crippen molar-refractivity contribution in [1.29, 1.82) is 0 Å². The summed E-state index contributed by atoms with van der Waals surface area (Å²) < 4.78 is 6.10. The summed E-state index contributed by atoms with van der Waals surface area (Å²) in [6, 6.07) is 0.370. The lowest BCUT2D eigenvalue weighted by Gasteiger charge is -2.33. The van der Waals surface area contributed by atoms with Crippen LogP contribution in [0.5, 0.6) is 0 Å². The summed E-state index contributed by atoms with van der Waals surface area (Å²) in [6.07, 6.45) is 6.53. The van der Waals surface area contributed by atoms with E-state index in [1.807, 2.05) is 6.92 Å². The largest absolute Gasteiger partial charge is 0.363 e. The number of aryl methyl sites for hydroxylation is 1. The molecule has 0 spiro atoms. The second kappa shape index (κ2) is 6.36. The van der Waals surface area contributed by atoms with E-state index in [1.54, 1.807) is 11.3 Å². The molecule has 1 saturated carbocycles. The van der Waals surface area contributed by atoms with Crippen molar-refractivity contribution in [2.24, 2.45) is 5.92 Å². The first-order valence-electron chi connectivity index (χ1n) is 8.70. The number of hydrogen-bond acceptors (Lipinski definition) is 6. The number of ether oxygens (including phenoxy) is 1. The first kappa shape index (κ1) is 15.3. The fraction of sp³-hybridized carbons (Fsp3) is 0.812. The highest BCUT2D eigenvalue weighted by atomic mass is 32.1. The van der Waals surface area contributed by atoms with E-state index in [0.29, 0.717) is 12.0 Å². The number of aromatic nitrogens is 2. The number of carbonyl (C=O) groups is 1. The van der Waals surface area contributed by atoms with Gasteiger partial charge in [-0.15, -0.1) is 10.2 Å². The Hall–Kier alpha value is -1.21. The summed E-state index contributed by atoms with van der Waals surface area (Å²) in [7, 11) is 0. The van der Waals surface area contributed by atoms with Crippen LogP contribution < -0.4 is 10.2 Å². The van der Waals surface area contributed by atoms with Crippen LogP contribution in [0.4, 0.5) is 5.13 Å². The Morgan fingerprint density at radius 2 is 2.13 bits per heavy atom. The van der Waals surface area contributed by atoms with Crippen LogP contribution in [0.1, 0.15) is 43.5 Å². The number of nitrogens with one attached hydrogen (secondary N) is 1. The van der Waals surface area contributed by atoms with Gasteiger partial charge in [0.25, 0.3) is 0 Å². The van der Waals surface area contributed by atoms with Gasteiger partial charge < -0.3 is 15.0 Å². The van der Waals surface area contributed by atoms with E-state index >= 15 is 0 Å². The molecule has 4 rings (SSSR count). The van der Waals surface area contributed by atoms with Gasteiger partial charge in [0.05, 0.1) is 6.10 Å². The number of anilines is 1. The molecule has 0 aromatic carbocycles. The molecule has 3 atom stereocenters. The highest BCUT2D eigenvalue weighted by molar-refractivity contribution is 7.15. The molecular weight excluding hydrogens is 312 g/mol. The lowest BCUT2D eigenvalue weighted by atomic mass is 9.92. The molecule has 1 aromatic heterocycles. The zero-order chi connectivity index (χ0) is 15.8. The molecule has 2 saturated heterocycles. The molecule has 3 aliphatic rings. The number of amides is 1. The summed E-state index contributed by atoms with van der Waals surface area (Å²) in [4.78, 5) is 14.7. The van der Waals surface area contributed by atoms with Gasteiger partial charge in [-0.05, 0) is 38.5 Å². The molecule has 1 amide bonds. The highest BCUT2D eigenvalue weighted by Gasteiger charge is 2.42. The number of nitrogens with zero attached hydrogens (tertiary/aromatic N) is 3. The Morgan fingerprint density at radius 3 is 2.87 bits per heavy atom. The summed E-state index contributed by atoms with van der Waals surface area (Å²) in [5, 5.41) is 13.5. The third-order valence-corrected chi connectivity index (χ3v) is 6.23. The average Bonchev–Trinajstić information content (AvgIpc) is 3.25. The van der Waals surface area contributed by atoms with Gasteiger partial charge in [-0.25, -0.2) is 0 Å². The van der Waals surface area contributed by atoms with Gasteiger partial charge in [-0.1, -0.05) is 24.2 Å². The minimum atomic E-state index is -0.262. The van der Waals surface area contributed by atoms with Gasteiger partial charge in [0.15, 0.2) is 0 Å². The predicted octanol–water partition coefficient (Wildman–Crippen LogP) is 1.89. The summed E-state index contributed by atoms with van der Waals surface area (Å²) in [5.74, 6) is 0.601. The quantitative estimate of drug-likeness (QED) is 0.913. The molecule has 7 heteroatoms. The number of hydrogen-bond donors (Lipinski definition) is 1. The van der Waals surface area contributed by atoms with E-state index in [0.717, 1.165) is 48.9 Å². The molecule has 3 fully saturated rings. The zero-order valence-electron chi connectivity index (χ0n) is 13.5. The fourth-order valence-corrected chi connectivity index (χ4v) is 4.77. The lowest BCUT2D eigenvalue weighted by molar-refractivity contribution is -0.132. The molecule has 1 N–H and O–H groups in total. The van der Waals surface area contributed by atoms with Crippen LogP contribution >= 0.6 is 11.3 Å². The van der Waals surface area contributed by atoms with Crippen LogP contribution in [0.2, 0.25) is 0 Å². The number of rotatable bonds is 3. The maximum absolute atomic E-state index is 12.4. The minimum absolute atomic E-state index is 0.101. The fourth-order valence-electron chi connectivity index (χ4n) is 4.05. The highest BCUT2D eigenvalue weighted by Crippen LogP contribution is 2.35. The Morgan fingerprint density at radius 1 is 1.30 bits per heavy atom. The SMILES string of the molecule is Cc1nnc(N2CC[C@@H]3C[C@H](C(=O)NC4CCCC4)O[C@@H]3C2)s1. The normalized spacial score (nSPS) is 31.3. The third-order valence-electron chi connectivity index (χ3n) is 5.33. The van der Waals surface area contributed by atoms with Crippen molar-refractivity contribution in [2.75, 3.05) is 18.0 Å². The second-order valence-electron chi connectivity index (χ2n) is 6.99. The monoisotopic (exact) mass is 336 g/mol. The van der Waals surface area contributed by atoms with Gasteiger partial charge in [-0.2, -0.15) is 0 Å². The Kier molecular flexibility index (Phi) is 4.24. The first-order chi connectivity index (χ1) is 11.2. The van der Waals surface area contributed by atoms with Gasteiger partial charge >= 0.3 is 0 Å². The Bertz CT molecular complexity index is 572. The molecule has 6 nitrogen and oxygen atoms in total. The molecule has 0 radical (unpaired) electrons. The summed E-state index contributed by atoms with van der Waals surface area (Å²) >= 11 is 1.63. The molecule has 126 valence electrons. The average molecular weight is 336 g/mol. The van der Waals surface area contributed by atoms with Crippen molar-refractivity contribution in [3.63, 3.8) is 0 Å². The van der Waals surface area contributed by atoms with Crippen LogP contribution in [0.15, 0.2) is 0 Å². The van der Waals surface area contributed by atoms with Crippen molar-refractivity contribution >= 4 is 22.4 Å². The predicted molar refractivity (Wildman–Crippen MR) is 88.6 cm³/mol. The molecule has 0 unspecified atom stereocenters. The number of piperidine rings is 1. The molecule has 1 aromatic rings. The van der Waals surface area contributed by atoms with E-state index in [-0.39, 0.29) is 18.1 Å². The maximum Gasteiger partial charge on any atom is 0.249 e. The maximum atomic E-state index is 12.4. The Labute approximate surface area is 140 Å². The van der Waals surface area contributed by atoms with Crippen LogP contribution in [-0.2, 0) is 9.53 Å². The van der Waals surface area contributed by atoms with Crippen molar-refractivity contribution in [3.05, 3.63) is 5.01 Å². The van der Waals surface area contributed by atoms with Crippen LogP contribution in [0.3, 0.4) is 0 Å². The second-order valence-corrected chi connectivity index (χ2v) is 8.15. The van der Waals surface area contributed by atoms with Gasteiger partial charge in [0.1, 0.15) is 11.1 Å². The number of fused-ring (bicyclic) bond motifs is 1. The standard InChI is InChI=1S/C16H24N4O2S/c1-10-18-19-16(23-10)20-7-6-11-8-13(22-14(11)9-20)15(21)17-12-4-2-3-5-12/h11-14H,2-9H2,1H3,(H,17,21)/t11-,13-,14-/m1/s1. The van der Waals surface area contributed by atoms with Crippen LogP contribution in [-0.4, -0.2) is 47.4 Å². The zero-order valence-corrected chi connectivity index (χ0v) is 14.3. The van der Waals surface area contributed by atoms with E-state index < -0.39 is 0 Å². The van der Waals surface area contributed by atoms with E-state index in [2.05, 4.69) is 20.4 Å². The third kappa shape index (κ3) is 3.21. The Balaban J connectivity index is 1.34. The summed E-state index contributed by atoms with van der Waals surface area (Å²) in [5.41, 5.74) is 0. The van der Waals surface area contributed by atoms with Crippen molar-refractivity contribution in [3.8, 4) is 0 Å². The number of carbonyl (C=O) groups excluding carboxylic acids is 1.